The minimum absolute atomic E-state index is 0.0730. The number of ether oxygens (including phenoxy) is 1. The molecule has 1 aliphatic heterocycles. The molecule has 34 heavy (non-hydrogen) atoms. The van der Waals surface area contributed by atoms with Crippen LogP contribution in [-0.4, -0.2) is 70.0 Å². The lowest BCUT2D eigenvalue weighted by Crippen LogP contribution is -2.42. The fraction of sp³-hybridized carbons (Fsp3) is 0.667. The van der Waals surface area contributed by atoms with Gasteiger partial charge in [-0.15, -0.1) is 0 Å². The third kappa shape index (κ3) is 4.86. The van der Waals surface area contributed by atoms with Crippen LogP contribution in [0.4, 0.5) is 14.7 Å². The largest absolute Gasteiger partial charge is 0.429 e. The number of rotatable bonds is 7. The number of hydrogen-bond acceptors (Lipinski definition) is 8. The molecule has 3 heterocycles. The van der Waals surface area contributed by atoms with Crippen LogP contribution in [0.25, 0.3) is 11.0 Å². The van der Waals surface area contributed by atoms with E-state index >= 15 is 0 Å². The molecule has 0 aromatic carbocycles. The summed E-state index contributed by atoms with van der Waals surface area (Å²) in [6, 6.07) is 0.472. The van der Waals surface area contributed by atoms with E-state index in [1.54, 1.807) is 0 Å². The van der Waals surface area contributed by atoms with Crippen LogP contribution in [0.2, 0.25) is 0 Å². The molecule has 1 saturated carbocycles. The van der Waals surface area contributed by atoms with E-state index in [-0.39, 0.29) is 17.6 Å². The lowest BCUT2D eigenvalue weighted by molar-refractivity contribution is -0.0515. The van der Waals surface area contributed by atoms with Gasteiger partial charge in [-0.3, -0.25) is 9.36 Å². The van der Waals surface area contributed by atoms with Crippen LogP contribution in [0.5, 0.6) is 5.75 Å². The number of nitrogens with zero attached hydrogens (tertiary/aromatic N) is 4. The predicted molar refractivity (Wildman–Crippen MR) is 122 cm³/mol. The number of piperidine rings is 1. The lowest BCUT2D eigenvalue weighted by atomic mass is 9.94. The standard InChI is InChI=1S/C21H29F2N5O5S/c1-3-21(30)8-4-5-16(21)28-17-13(11-15(18(28)29)33-19(22)23)12-24-20(26-17)25-14-6-9-27(10-7-14)34(2,31)32/h11-12,14,16,19,30H,3-10H2,1-2H3,(H,24,25,26)/t16-,21-/m1/s1. The van der Waals surface area contributed by atoms with Crippen LogP contribution in [0.3, 0.4) is 0 Å². The number of aromatic nitrogens is 3. The number of alkyl halides is 2. The van der Waals surface area contributed by atoms with Crippen LogP contribution in [0, 0.1) is 0 Å². The van der Waals surface area contributed by atoms with Crippen LogP contribution < -0.4 is 15.6 Å². The molecule has 4 rings (SSSR count). The van der Waals surface area contributed by atoms with Crippen molar-refractivity contribution < 1.29 is 27.0 Å². The maximum Gasteiger partial charge on any atom is 0.387 e. The first-order valence-corrected chi connectivity index (χ1v) is 13.2. The van der Waals surface area contributed by atoms with E-state index in [1.165, 1.54) is 27.4 Å². The zero-order chi connectivity index (χ0) is 24.7. The van der Waals surface area contributed by atoms with E-state index in [0.717, 1.165) is 0 Å². The van der Waals surface area contributed by atoms with E-state index in [4.69, 9.17) is 0 Å². The van der Waals surface area contributed by atoms with Gasteiger partial charge in [0.25, 0.3) is 5.56 Å². The number of hydrogen-bond donors (Lipinski definition) is 2. The molecule has 0 unspecified atom stereocenters. The van der Waals surface area contributed by atoms with Gasteiger partial charge in [0.15, 0.2) is 5.75 Å². The Labute approximate surface area is 196 Å². The highest BCUT2D eigenvalue weighted by Crippen LogP contribution is 2.42. The van der Waals surface area contributed by atoms with Gasteiger partial charge in [-0.25, -0.2) is 17.7 Å². The summed E-state index contributed by atoms with van der Waals surface area (Å²) >= 11 is 0. The summed E-state index contributed by atoms with van der Waals surface area (Å²) in [4.78, 5) is 22.0. The van der Waals surface area contributed by atoms with Crippen molar-refractivity contribution in [3.05, 3.63) is 22.6 Å². The molecule has 2 N–H and O–H groups in total. The summed E-state index contributed by atoms with van der Waals surface area (Å²) in [6.45, 7) is -0.619. The number of nitrogens with one attached hydrogen (secondary N) is 1. The Morgan fingerprint density at radius 3 is 2.65 bits per heavy atom. The molecule has 0 bridgehead atoms. The van der Waals surface area contributed by atoms with Gasteiger partial charge in [-0.1, -0.05) is 6.92 Å². The molecule has 1 aliphatic carbocycles. The second-order valence-corrected chi connectivity index (χ2v) is 11.0. The summed E-state index contributed by atoms with van der Waals surface area (Å²) in [6.07, 6.45) is 5.76. The Balaban J connectivity index is 1.71. The summed E-state index contributed by atoms with van der Waals surface area (Å²) in [5.41, 5.74) is -1.73. The second-order valence-electron chi connectivity index (χ2n) is 8.98. The van der Waals surface area contributed by atoms with E-state index in [2.05, 4.69) is 20.0 Å². The van der Waals surface area contributed by atoms with E-state index in [0.29, 0.717) is 57.0 Å². The van der Waals surface area contributed by atoms with Gasteiger partial charge in [0.2, 0.25) is 16.0 Å². The smallest absolute Gasteiger partial charge is 0.387 e. The first-order valence-electron chi connectivity index (χ1n) is 11.3. The minimum atomic E-state index is -3.25. The molecule has 2 atom stereocenters. The summed E-state index contributed by atoms with van der Waals surface area (Å²) in [5, 5.41) is 14.7. The Bertz CT molecular complexity index is 1220. The van der Waals surface area contributed by atoms with Gasteiger partial charge in [0.05, 0.1) is 17.9 Å². The van der Waals surface area contributed by atoms with Gasteiger partial charge in [0, 0.05) is 30.7 Å². The fourth-order valence-corrected chi connectivity index (χ4v) is 5.84. The quantitative estimate of drug-likeness (QED) is 0.591. The molecule has 2 aliphatic rings. The molecule has 10 nitrogen and oxygen atoms in total. The highest BCUT2D eigenvalue weighted by Gasteiger charge is 2.42. The zero-order valence-corrected chi connectivity index (χ0v) is 19.9. The first kappa shape index (κ1) is 24.7. The topological polar surface area (TPSA) is 127 Å². The van der Waals surface area contributed by atoms with Crippen molar-refractivity contribution in [2.45, 2.75) is 69.7 Å². The van der Waals surface area contributed by atoms with Gasteiger partial charge in [0.1, 0.15) is 5.65 Å². The van der Waals surface area contributed by atoms with Crippen molar-refractivity contribution in [1.29, 1.82) is 0 Å². The molecular formula is C21H29F2N5O5S. The Hall–Kier alpha value is -2.38. The molecule has 188 valence electrons. The van der Waals surface area contributed by atoms with Gasteiger partial charge >= 0.3 is 6.61 Å². The number of halogens is 2. The Morgan fingerprint density at radius 2 is 2.03 bits per heavy atom. The normalized spacial score (nSPS) is 24.7. The molecule has 0 radical (unpaired) electrons. The second kappa shape index (κ2) is 9.34. The summed E-state index contributed by atoms with van der Waals surface area (Å²) in [7, 11) is -3.25. The van der Waals surface area contributed by atoms with E-state index < -0.39 is 39.6 Å². The van der Waals surface area contributed by atoms with Crippen molar-refractivity contribution in [3.63, 3.8) is 0 Å². The maximum absolute atomic E-state index is 13.2. The van der Waals surface area contributed by atoms with Crippen molar-refractivity contribution in [2.75, 3.05) is 24.7 Å². The minimum Gasteiger partial charge on any atom is -0.429 e. The number of aliphatic hydroxyl groups is 1. The highest BCUT2D eigenvalue weighted by molar-refractivity contribution is 7.88. The molecule has 2 fully saturated rings. The van der Waals surface area contributed by atoms with Gasteiger partial charge in [-0.2, -0.15) is 13.8 Å². The molecule has 2 aromatic rings. The molecule has 0 spiro atoms. The number of anilines is 1. The molecule has 0 amide bonds. The molecular weight excluding hydrogens is 472 g/mol. The van der Waals surface area contributed by atoms with Gasteiger partial charge < -0.3 is 15.2 Å². The summed E-state index contributed by atoms with van der Waals surface area (Å²) in [5.74, 6) is -0.288. The SMILES string of the molecule is CC[C@@]1(O)CCC[C@H]1n1c(=O)c(OC(F)F)cc2cnc(NC3CCN(S(C)(=O)=O)CC3)nc21. The van der Waals surface area contributed by atoms with Crippen LogP contribution in [0.1, 0.15) is 51.5 Å². The number of pyridine rings is 1. The van der Waals surface area contributed by atoms with Crippen LogP contribution in [-0.2, 0) is 10.0 Å². The monoisotopic (exact) mass is 501 g/mol. The van der Waals surface area contributed by atoms with E-state index in [9.17, 15) is 27.1 Å². The predicted octanol–water partition coefficient (Wildman–Crippen LogP) is 2.09. The fourth-order valence-electron chi connectivity index (χ4n) is 4.97. The van der Waals surface area contributed by atoms with Crippen LogP contribution in [0.15, 0.2) is 17.1 Å². The number of sulfonamides is 1. The van der Waals surface area contributed by atoms with Crippen molar-refractivity contribution in [2.24, 2.45) is 0 Å². The third-order valence-electron chi connectivity index (χ3n) is 6.84. The molecule has 2 aromatic heterocycles. The first-order chi connectivity index (χ1) is 16.0. The Morgan fingerprint density at radius 1 is 1.32 bits per heavy atom. The van der Waals surface area contributed by atoms with Crippen molar-refractivity contribution in [3.8, 4) is 5.75 Å². The van der Waals surface area contributed by atoms with Crippen LogP contribution >= 0.6 is 0 Å². The lowest BCUT2D eigenvalue weighted by Gasteiger charge is -2.32. The summed E-state index contributed by atoms with van der Waals surface area (Å²) < 4.78 is 56.5. The molecule has 1 saturated heterocycles. The zero-order valence-electron chi connectivity index (χ0n) is 19.1. The van der Waals surface area contributed by atoms with Crippen molar-refractivity contribution in [1.82, 2.24) is 18.8 Å². The van der Waals surface area contributed by atoms with E-state index in [1.807, 2.05) is 6.92 Å². The number of fused-ring (bicyclic) bond motifs is 1. The average molecular weight is 502 g/mol. The van der Waals surface area contributed by atoms with Gasteiger partial charge in [-0.05, 0) is 44.6 Å². The molecule has 13 heteroatoms. The highest BCUT2D eigenvalue weighted by atomic mass is 32.2. The third-order valence-corrected chi connectivity index (χ3v) is 8.15. The van der Waals surface area contributed by atoms with Crippen molar-refractivity contribution >= 4 is 27.0 Å². The average Bonchev–Trinajstić information content (AvgIpc) is 3.16. The Kier molecular flexibility index (Phi) is 6.80. The maximum atomic E-state index is 13.2.